The lowest BCUT2D eigenvalue weighted by molar-refractivity contribution is 0.768. The molecule has 0 saturated carbocycles. The Bertz CT molecular complexity index is 4220. The highest BCUT2D eigenvalue weighted by Gasteiger charge is 2.46. The van der Waals surface area contributed by atoms with Crippen LogP contribution in [-0.2, 0) is 5.41 Å². The van der Waals surface area contributed by atoms with Gasteiger partial charge in [0.1, 0.15) is 0 Å². The Morgan fingerprint density at radius 3 is 1.24 bits per heavy atom. The van der Waals surface area contributed by atoms with Gasteiger partial charge in [-0.3, -0.25) is 0 Å². The van der Waals surface area contributed by atoms with Crippen molar-refractivity contribution in [2.75, 3.05) is 4.90 Å². The van der Waals surface area contributed by atoms with E-state index in [1.54, 1.807) is 0 Å². The van der Waals surface area contributed by atoms with Crippen LogP contribution in [-0.4, -0.2) is 0 Å². The minimum atomic E-state index is -0.469. The first-order valence-corrected chi connectivity index (χ1v) is 27.0. The first kappa shape index (κ1) is 46.5. The Morgan fingerprint density at radius 1 is 0.218 bits per heavy atom. The van der Waals surface area contributed by atoms with Gasteiger partial charge < -0.3 is 4.90 Å². The van der Waals surface area contributed by atoms with Crippen LogP contribution in [0.3, 0.4) is 0 Å². The van der Waals surface area contributed by atoms with Crippen molar-refractivity contribution in [3.63, 3.8) is 0 Å². The van der Waals surface area contributed by atoms with E-state index in [2.05, 4.69) is 326 Å². The van der Waals surface area contributed by atoms with Crippen LogP contribution in [0.2, 0.25) is 0 Å². The largest absolute Gasteiger partial charge is 0.310 e. The molecule has 1 aliphatic carbocycles. The number of anilines is 3. The van der Waals surface area contributed by atoms with Crippen LogP contribution in [0.15, 0.2) is 322 Å². The zero-order valence-corrected chi connectivity index (χ0v) is 43.0. The molecule has 0 radical (unpaired) electrons. The molecule has 0 fully saturated rings. The third-order valence-electron chi connectivity index (χ3n) is 16.0. The van der Waals surface area contributed by atoms with E-state index in [4.69, 9.17) is 0 Å². The monoisotopic (exact) mass is 991 g/mol. The Morgan fingerprint density at radius 2 is 0.603 bits per heavy atom. The molecule has 0 N–H and O–H groups in total. The molecule has 0 aliphatic heterocycles. The highest BCUT2D eigenvalue weighted by molar-refractivity contribution is 5.97. The minimum Gasteiger partial charge on any atom is -0.310 e. The van der Waals surface area contributed by atoms with Gasteiger partial charge in [0.15, 0.2) is 0 Å². The third-order valence-corrected chi connectivity index (χ3v) is 16.0. The fourth-order valence-electron chi connectivity index (χ4n) is 12.2. The molecule has 0 spiro atoms. The second kappa shape index (κ2) is 19.9. The quantitative estimate of drug-likeness (QED) is 0.125. The van der Waals surface area contributed by atoms with E-state index in [1.165, 1.54) is 94.2 Å². The van der Waals surface area contributed by atoms with Crippen LogP contribution in [0, 0.1) is 0 Å². The van der Waals surface area contributed by atoms with Crippen LogP contribution in [0.5, 0.6) is 0 Å². The maximum Gasteiger partial charge on any atom is 0.0713 e. The minimum absolute atomic E-state index is 0.469. The van der Waals surface area contributed by atoms with Crippen LogP contribution in [0.25, 0.3) is 88.7 Å². The van der Waals surface area contributed by atoms with E-state index in [1.807, 2.05) is 0 Å². The van der Waals surface area contributed by atoms with Crippen LogP contribution < -0.4 is 4.90 Å². The number of rotatable bonds is 11. The number of nitrogens with zero attached hydrogens (tertiary/aromatic N) is 1. The smallest absolute Gasteiger partial charge is 0.0713 e. The Labute approximate surface area is 457 Å². The zero-order valence-electron chi connectivity index (χ0n) is 43.0. The molecule has 13 aromatic rings. The van der Waals surface area contributed by atoms with Crippen molar-refractivity contribution in [2.45, 2.75) is 5.41 Å². The van der Waals surface area contributed by atoms with Crippen molar-refractivity contribution in [1.29, 1.82) is 0 Å². The van der Waals surface area contributed by atoms with E-state index in [0.717, 1.165) is 33.8 Å². The molecule has 1 aliphatic rings. The van der Waals surface area contributed by atoms with Gasteiger partial charge >= 0.3 is 0 Å². The highest BCUT2D eigenvalue weighted by Crippen LogP contribution is 2.58. The molecule has 0 aromatic heterocycles. The van der Waals surface area contributed by atoms with Gasteiger partial charge in [0, 0.05) is 16.9 Å². The summed E-state index contributed by atoms with van der Waals surface area (Å²) in [5.74, 6) is 0. The summed E-state index contributed by atoms with van der Waals surface area (Å²) in [4.78, 5) is 2.42. The zero-order chi connectivity index (χ0) is 51.8. The lowest BCUT2D eigenvalue weighted by Crippen LogP contribution is -2.28. The van der Waals surface area contributed by atoms with Gasteiger partial charge in [-0.15, -0.1) is 0 Å². The maximum absolute atomic E-state index is 2.42. The Kier molecular flexibility index (Phi) is 11.8. The summed E-state index contributed by atoms with van der Waals surface area (Å²) in [6.07, 6.45) is 0. The van der Waals surface area contributed by atoms with E-state index in [0.29, 0.717) is 0 Å². The molecule has 14 rings (SSSR count). The predicted octanol–water partition coefficient (Wildman–Crippen LogP) is 20.7. The van der Waals surface area contributed by atoms with Gasteiger partial charge in [0.25, 0.3) is 0 Å². The first-order valence-electron chi connectivity index (χ1n) is 27.0. The van der Waals surface area contributed by atoms with E-state index >= 15 is 0 Å². The number of hydrogen-bond acceptors (Lipinski definition) is 1. The highest BCUT2D eigenvalue weighted by atomic mass is 15.1. The van der Waals surface area contributed by atoms with Crippen molar-refractivity contribution in [3.8, 4) is 77.9 Å². The summed E-state index contributed by atoms with van der Waals surface area (Å²) >= 11 is 0. The fourth-order valence-corrected chi connectivity index (χ4v) is 12.2. The topological polar surface area (TPSA) is 3.24 Å². The molecule has 78 heavy (non-hydrogen) atoms. The SMILES string of the molecule is c1ccc(-c2ccc(-c3ccccc3N(c3ccc(-c4ccc(-c5cccc(-c6ccc7ccccc7c6)c5)cc4)cc3)c3ccc(-c4cccc5c4-c4ccccc4C5(c4ccccc4)c4ccccc4)cc3)cc2)cc1. The molecule has 0 amide bonds. The first-order chi connectivity index (χ1) is 38.7. The normalized spacial score (nSPS) is 12.2. The maximum atomic E-state index is 2.42. The summed E-state index contributed by atoms with van der Waals surface area (Å²) in [5, 5.41) is 2.51. The molecule has 0 unspecified atom stereocenters. The molecule has 0 heterocycles. The van der Waals surface area contributed by atoms with Crippen LogP contribution in [0.1, 0.15) is 22.3 Å². The van der Waals surface area contributed by atoms with Crippen molar-refractivity contribution in [3.05, 3.63) is 344 Å². The number of hydrogen-bond donors (Lipinski definition) is 0. The van der Waals surface area contributed by atoms with Crippen LogP contribution in [0.4, 0.5) is 17.1 Å². The second-order valence-corrected chi connectivity index (χ2v) is 20.4. The summed E-state index contributed by atoms with van der Waals surface area (Å²) in [7, 11) is 0. The summed E-state index contributed by atoms with van der Waals surface area (Å²) in [5.41, 5.74) is 24.8. The molecule has 0 atom stereocenters. The lowest BCUT2D eigenvalue weighted by Gasteiger charge is -2.34. The van der Waals surface area contributed by atoms with Crippen LogP contribution >= 0.6 is 0 Å². The van der Waals surface area contributed by atoms with Crippen molar-refractivity contribution in [2.24, 2.45) is 0 Å². The number of benzene rings is 13. The lowest BCUT2D eigenvalue weighted by atomic mass is 9.67. The van der Waals surface area contributed by atoms with Gasteiger partial charge in [-0.1, -0.05) is 279 Å². The molecule has 1 heteroatoms. The summed E-state index contributed by atoms with van der Waals surface area (Å²) in [6, 6.07) is 118. The average Bonchev–Trinajstić information content (AvgIpc) is 4.10. The van der Waals surface area contributed by atoms with Gasteiger partial charge in [-0.2, -0.15) is 0 Å². The third kappa shape index (κ3) is 8.21. The second-order valence-electron chi connectivity index (χ2n) is 20.4. The van der Waals surface area contributed by atoms with Crippen molar-refractivity contribution < 1.29 is 0 Å². The molecule has 1 nitrogen and oxygen atoms in total. The van der Waals surface area contributed by atoms with Gasteiger partial charge in [-0.25, -0.2) is 0 Å². The molecule has 13 aromatic carbocycles. The molecular formula is C77H53N. The van der Waals surface area contributed by atoms with E-state index in [-0.39, 0.29) is 0 Å². The van der Waals surface area contributed by atoms with Crippen molar-refractivity contribution >= 4 is 27.8 Å². The van der Waals surface area contributed by atoms with Gasteiger partial charge in [-0.05, 0) is 148 Å². The van der Waals surface area contributed by atoms with Crippen molar-refractivity contribution in [1.82, 2.24) is 0 Å². The van der Waals surface area contributed by atoms with Gasteiger partial charge in [0.05, 0.1) is 11.1 Å². The standard InChI is InChI=1S/C77H53N/c1-4-18-54(19-5-1)56-38-41-60(42-39-56)70-28-13-15-33-75(70)78(68-48-44-58(45-49-68)57-34-36-59(37-35-57)63-22-16-23-64(52-63)65-43-40-55-20-10-11-21-62(55)53-65)69-50-46-61(47-51-69)71-30-17-32-74-76(71)72-29-12-14-31-73(72)77(74,66-24-6-2-7-25-66)67-26-8-3-9-27-67/h1-53H. The van der Waals surface area contributed by atoms with E-state index < -0.39 is 5.41 Å². The number of fused-ring (bicyclic) bond motifs is 4. The summed E-state index contributed by atoms with van der Waals surface area (Å²) in [6.45, 7) is 0. The fraction of sp³-hybridized carbons (Fsp3) is 0.0130. The van der Waals surface area contributed by atoms with E-state index in [9.17, 15) is 0 Å². The molecule has 366 valence electrons. The molecule has 0 bridgehead atoms. The molecular weight excluding hydrogens is 939 g/mol. The predicted molar refractivity (Wildman–Crippen MR) is 329 cm³/mol. The molecule has 0 saturated heterocycles. The average molecular weight is 992 g/mol. The summed E-state index contributed by atoms with van der Waals surface area (Å²) < 4.78 is 0. The Balaban J connectivity index is 0.836. The Hall–Kier alpha value is -10.1. The number of para-hydroxylation sites is 1. The van der Waals surface area contributed by atoms with Gasteiger partial charge in [0.2, 0.25) is 0 Å².